The molecule has 2 aromatic heterocycles. The van der Waals surface area contributed by atoms with Crippen LogP contribution in [-0.2, 0) is 16.2 Å². The highest BCUT2D eigenvalue weighted by Gasteiger charge is 2.38. The van der Waals surface area contributed by atoms with Gasteiger partial charge in [0, 0.05) is 19.0 Å². The number of sulfonamides is 1. The molecule has 1 fully saturated rings. The summed E-state index contributed by atoms with van der Waals surface area (Å²) in [4.78, 5) is 7.63. The van der Waals surface area contributed by atoms with E-state index in [1.807, 2.05) is 6.92 Å². The molecule has 13 heteroatoms. The van der Waals surface area contributed by atoms with Crippen molar-refractivity contribution in [3.8, 4) is 0 Å². The summed E-state index contributed by atoms with van der Waals surface area (Å²) in [6.45, 7) is 3.38. The summed E-state index contributed by atoms with van der Waals surface area (Å²) in [7, 11) is -3.50. The second-order valence-corrected chi connectivity index (χ2v) is 9.16. The lowest BCUT2D eigenvalue weighted by Crippen LogP contribution is -2.49. The number of aromatic nitrogens is 4. The predicted octanol–water partition coefficient (Wildman–Crippen LogP) is 2.44. The monoisotopic (exact) mass is 438 g/mol. The second kappa shape index (κ2) is 7.67. The van der Waals surface area contributed by atoms with Crippen molar-refractivity contribution in [1.29, 1.82) is 0 Å². The average molecular weight is 438 g/mol. The van der Waals surface area contributed by atoms with E-state index in [1.165, 1.54) is 0 Å². The van der Waals surface area contributed by atoms with Crippen molar-refractivity contribution in [1.82, 2.24) is 23.9 Å². The first-order valence-electron chi connectivity index (χ1n) is 9.10. The molecule has 1 saturated heterocycles. The zero-order valence-corrected chi connectivity index (χ0v) is 16.9. The number of hydrogen-bond donors (Lipinski definition) is 1. The summed E-state index contributed by atoms with van der Waals surface area (Å²) >= 11 is 0. The molecule has 0 aliphatic carbocycles. The highest BCUT2D eigenvalue weighted by atomic mass is 32.2. The molecule has 1 aliphatic rings. The molecule has 0 radical (unpaired) electrons. The van der Waals surface area contributed by atoms with E-state index in [0.717, 1.165) is 21.3 Å². The van der Waals surface area contributed by atoms with Crippen LogP contribution in [-0.4, -0.2) is 63.9 Å². The highest BCUT2D eigenvalue weighted by Crippen LogP contribution is 2.34. The molecule has 162 valence electrons. The minimum atomic E-state index is -4.65. The maximum absolute atomic E-state index is 14.5. The lowest BCUT2D eigenvalue weighted by molar-refractivity contribution is -0.139. The molecule has 3 atom stereocenters. The van der Waals surface area contributed by atoms with Crippen molar-refractivity contribution >= 4 is 21.5 Å². The van der Waals surface area contributed by atoms with Crippen LogP contribution < -0.4 is 5.32 Å². The van der Waals surface area contributed by atoms with Crippen LogP contribution in [0.5, 0.6) is 0 Å². The summed E-state index contributed by atoms with van der Waals surface area (Å²) < 4.78 is 79.6. The van der Waals surface area contributed by atoms with Crippen LogP contribution in [0, 0.1) is 0 Å². The van der Waals surface area contributed by atoms with Gasteiger partial charge in [0.1, 0.15) is 17.5 Å². The fourth-order valence-corrected chi connectivity index (χ4v) is 4.04. The van der Waals surface area contributed by atoms with Gasteiger partial charge in [-0.25, -0.2) is 27.3 Å². The topological polar surface area (TPSA) is 92.5 Å². The maximum Gasteiger partial charge on any atom is 0.435 e. The fourth-order valence-electron chi connectivity index (χ4n) is 3.19. The van der Waals surface area contributed by atoms with E-state index in [-0.39, 0.29) is 42.7 Å². The first-order valence-corrected chi connectivity index (χ1v) is 10.9. The summed E-state index contributed by atoms with van der Waals surface area (Å²) in [5, 5.41) is 6.89. The molecule has 3 heterocycles. The minimum Gasteiger partial charge on any atom is -0.347 e. The molecule has 0 spiro atoms. The van der Waals surface area contributed by atoms with Crippen LogP contribution in [0.4, 0.5) is 23.5 Å². The fraction of sp³-hybridized carbons (Fsp3) is 0.688. The number of nitrogens with one attached hydrogen (secondary N) is 1. The van der Waals surface area contributed by atoms with E-state index in [4.69, 9.17) is 0 Å². The largest absolute Gasteiger partial charge is 0.435 e. The molecule has 8 nitrogen and oxygen atoms in total. The van der Waals surface area contributed by atoms with Crippen LogP contribution in [0.1, 0.15) is 44.1 Å². The molecule has 3 rings (SSSR count). The van der Waals surface area contributed by atoms with Gasteiger partial charge in [-0.1, -0.05) is 13.8 Å². The molecule has 2 aromatic rings. The Hall–Kier alpha value is -2.02. The van der Waals surface area contributed by atoms with Gasteiger partial charge in [-0.2, -0.15) is 17.5 Å². The summed E-state index contributed by atoms with van der Waals surface area (Å²) in [5.41, 5.74) is -1.34. The number of halogens is 4. The van der Waals surface area contributed by atoms with Gasteiger partial charge < -0.3 is 5.32 Å². The number of nitrogens with zero attached hydrogens (tertiary/aromatic N) is 5. The molecule has 0 bridgehead atoms. The number of piperidine rings is 1. The standard InChI is InChI=1S/C16H22F4N6O2S/c1-4-9(2)14-23-13(16(18,19)20)12-7-21-15(24-26(12)14)22-11-5-6-25(8-10(11)17)29(3,27)28/h7,9-11H,4-6,8H2,1-3H3,(H,22,24)/t9?,10-,11-/m1/s1. The number of anilines is 1. The van der Waals surface area contributed by atoms with Gasteiger partial charge >= 0.3 is 6.18 Å². The Balaban J connectivity index is 1.90. The lowest BCUT2D eigenvalue weighted by Gasteiger charge is -2.33. The second-order valence-electron chi connectivity index (χ2n) is 7.18. The predicted molar refractivity (Wildman–Crippen MR) is 97.8 cm³/mol. The zero-order chi connectivity index (χ0) is 21.6. The van der Waals surface area contributed by atoms with Crippen molar-refractivity contribution in [3.63, 3.8) is 0 Å². The van der Waals surface area contributed by atoms with Gasteiger partial charge in [-0.3, -0.25) is 0 Å². The number of fused-ring (bicyclic) bond motifs is 1. The first kappa shape index (κ1) is 21.7. The zero-order valence-electron chi connectivity index (χ0n) is 16.1. The summed E-state index contributed by atoms with van der Waals surface area (Å²) in [6.07, 6.45) is -3.42. The maximum atomic E-state index is 14.5. The lowest BCUT2D eigenvalue weighted by atomic mass is 10.1. The highest BCUT2D eigenvalue weighted by molar-refractivity contribution is 7.88. The number of alkyl halides is 4. The van der Waals surface area contributed by atoms with Gasteiger partial charge in [0.15, 0.2) is 5.69 Å². The molecule has 1 unspecified atom stereocenters. The van der Waals surface area contributed by atoms with E-state index < -0.39 is 34.1 Å². The van der Waals surface area contributed by atoms with E-state index in [9.17, 15) is 26.0 Å². The van der Waals surface area contributed by atoms with Crippen molar-refractivity contribution in [2.45, 2.75) is 51.0 Å². The van der Waals surface area contributed by atoms with Crippen LogP contribution >= 0.6 is 0 Å². The van der Waals surface area contributed by atoms with Gasteiger partial charge in [-0.05, 0) is 12.8 Å². The Labute approximate surface area is 165 Å². The third-order valence-corrected chi connectivity index (χ3v) is 6.30. The van der Waals surface area contributed by atoms with Gasteiger partial charge in [0.2, 0.25) is 16.0 Å². The van der Waals surface area contributed by atoms with E-state index in [2.05, 4.69) is 20.4 Å². The van der Waals surface area contributed by atoms with Crippen molar-refractivity contribution in [2.24, 2.45) is 0 Å². The molecular formula is C16H22F4N6O2S. The van der Waals surface area contributed by atoms with Gasteiger partial charge in [0.05, 0.1) is 18.5 Å². The van der Waals surface area contributed by atoms with Crippen LogP contribution in [0.3, 0.4) is 0 Å². The minimum absolute atomic E-state index is 0.0476. The smallest absolute Gasteiger partial charge is 0.347 e. The van der Waals surface area contributed by atoms with Crippen molar-refractivity contribution < 1.29 is 26.0 Å². The normalized spacial score (nSPS) is 22.7. The first-order chi connectivity index (χ1) is 13.4. The number of hydrogen-bond acceptors (Lipinski definition) is 6. The van der Waals surface area contributed by atoms with E-state index in [0.29, 0.717) is 6.42 Å². The molecule has 0 amide bonds. The SMILES string of the molecule is CCC(C)c1nc(C(F)(F)F)c2cnc(N[C@@H]3CCN(S(C)(=O)=O)C[C@H]3F)nn12. The van der Waals surface area contributed by atoms with E-state index >= 15 is 0 Å². The molecule has 1 N–H and O–H groups in total. The summed E-state index contributed by atoms with van der Waals surface area (Å²) in [5.74, 6) is -0.189. The molecule has 1 aliphatic heterocycles. The quantitative estimate of drug-likeness (QED) is 0.721. The Morgan fingerprint density at radius 2 is 2.07 bits per heavy atom. The Kier molecular flexibility index (Phi) is 5.73. The van der Waals surface area contributed by atoms with Crippen molar-refractivity contribution in [3.05, 3.63) is 17.7 Å². The number of imidazole rings is 1. The van der Waals surface area contributed by atoms with Crippen LogP contribution in [0.25, 0.3) is 5.52 Å². The Morgan fingerprint density at radius 3 is 2.62 bits per heavy atom. The Morgan fingerprint density at radius 1 is 1.38 bits per heavy atom. The van der Waals surface area contributed by atoms with E-state index in [1.54, 1.807) is 6.92 Å². The molecule has 29 heavy (non-hydrogen) atoms. The van der Waals surface area contributed by atoms with Crippen LogP contribution in [0.15, 0.2) is 6.20 Å². The van der Waals surface area contributed by atoms with Gasteiger partial charge in [-0.15, -0.1) is 5.10 Å². The summed E-state index contributed by atoms with van der Waals surface area (Å²) in [6, 6.07) is -0.761. The third-order valence-electron chi connectivity index (χ3n) is 5.03. The molecule has 0 aromatic carbocycles. The third kappa shape index (κ3) is 4.44. The van der Waals surface area contributed by atoms with Crippen LogP contribution in [0.2, 0.25) is 0 Å². The Bertz CT molecular complexity index is 993. The van der Waals surface area contributed by atoms with Gasteiger partial charge in [0.25, 0.3) is 0 Å². The molecule has 0 saturated carbocycles. The number of rotatable bonds is 5. The van der Waals surface area contributed by atoms with Crippen molar-refractivity contribution in [2.75, 3.05) is 24.7 Å². The average Bonchev–Trinajstić information content (AvgIpc) is 3.01. The molecular weight excluding hydrogens is 416 g/mol.